The fraction of sp³-hybridized carbons (Fsp3) is 1.00. The highest BCUT2D eigenvalue weighted by Crippen LogP contribution is 2.17. The minimum atomic E-state index is 0.0334. The summed E-state index contributed by atoms with van der Waals surface area (Å²) in [6.45, 7) is 16.1. The van der Waals surface area contributed by atoms with Crippen molar-refractivity contribution in [3.63, 3.8) is 0 Å². The van der Waals surface area contributed by atoms with E-state index in [2.05, 4.69) is 46.9 Å². The Labute approximate surface area is 95.8 Å². The van der Waals surface area contributed by atoms with Crippen molar-refractivity contribution < 1.29 is 4.74 Å². The highest BCUT2D eigenvalue weighted by molar-refractivity contribution is 4.66. The Kier molecular flexibility index (Phi) is 6.46. The maximum Gasteiger partial charge on any atom is 0.0624 e. The molecule has 0 saturated carbocycles. The number of hydrogen-bond donors (Lipinski definition) is 1. The van der Waals surface area contributed by atoms with E-state index in [1.807, 2.05) is 0 Å². The van der Waals surface area contributed by atoms with E-state index >= 15 is 0 Å². The van der Waals surface area contributed by atoms with E-state index in [9.17, 15) is 0 Å². The summed E-state index contributed by atoms with van der Waals surface area (Å²) in [7, 11) is 0. The maximum absolute atomic E-state index is 5.75. The van der Waals surface area contributed by atoms with Crippen molar-refractivity contribution >= 4 is 0 Å². The SMILES string of the molecule is CCC(C)(C)OCCNCCC(C)(C)C. The van der Waals surface area contributed by atoms with Gasteiger partial charge in [0.2, 0.25) is 0 Å². The third-order valence-corrected chi connectivity index (χ3v) is 2.67. The van der Waals surface area contributed by atoms with Crippen molar-refractivity contribution in [2.45, 2.75) is 60.0 Å². The molecule has 0 aromatic carbocycles. The van der Waals surface area contributed by atoms with Gasteiger partial charge in [0.05, 0.1) is 12.2 Å². The molecular formula is C13H29NO. The van der Waals surface area contributed by atoms with Crippen molar-refractivity contribution in [3.05, 3.63) is 0 Å². The summed E-state index contributed by atoms with van der Waals surface area (Å²) in [5.74, 6) is 0. The van der Waals surface area contributed by atoms with Gasteiger partial charge >= 0.3 is 0 Å². The van der Waals surface area contributed by atoms with E-state index in [0.717, 1.165) is 26.1 Å². The zero-order chi connectivity index (χ0) is 11.9. The average Bonchev–Trinajstić information content (AvgIpc) is 2.09. The lowest BCUT2D eigenvalue weighted by molar-refractivity contribution is -0.0181. The Morgan fingerprint density at radius 1 is 1.00 bits per heavy atom. The lowest BCUT2D eigenvalue weighted by Crippen LogP contribution is -2.30. The van der Waals surface area contributed by atoms with Crippen LogP contribution in [0.5, 0.6) is 0 Å². The zero-order valence-electron chi connectivity index (χ0n) is 11.4. The molecular weight excluding hydrogens is 186 g/mol. The van der Waals surface area contributed by atoms with Gasteiger partial charge in [0.15, 0.2) is 0 Å². The van der Waals surface area contributed by atoms with Crippen LogP contribution in [-0.4, -0.2) is 25.3 Å². The quantitative estimate of drug-likeness (QED) is 0.658. The second kappa shape index (κ2) is 6.49. The van der Waals surface area contributed by atoms with Gasteiger partial charge < -0.3 is 10.1 Å². The molecule has 0 heterocycles. The molecule has 92 valence electrons. The Morgan fingerprint density at radius 2 is 1.60 bits per heavy atom. The summed E-state index contributed by atoms with van der Waals surface area (Å²) in [4.78, 5) is 0. The van der Waals surface area contributed by atoms with Crippen molar-refractivity contribution in [2.24, 2.45) is 5.41 Å². The van der Waals surface area contributed by atoms with Gasteiger partial charge in [-0.25, -0.2) is 0 Å². The molecule has 2 heteroatoms. The smallest absolute Gasteiger partial charge is 0.0624 e. The second-order valence-electron chi connectivity index (χ2n) is 6.02. The highest BCUT2D eigenvalue weighted by atomic mass is 16.5. The number of ether oxygens (including phenoxy) is 1. The molecule has 0 aliphatic rings. The van der Waals surface area contributed by atoms with E-state index in [0.29, 0.717) is 5.41 Å². The highest BCUT2D eigenvalue weighted by Gasteiger charge is 2.14. The molecule has 1 N–H and O–H groups in total. The molecule has 0 aliphatic carbocycles. The van der Waals surface area contributed by atoms with Crippen molar-refractivity contribution in [1.82, 2.24) is 5.32 Å². The van der Waals surface area contributed by atoms with E-state index in [1.165, 1.54) is 6.42 Å². The summed E-state index contributed by atoms with van der Waals surface area (Å²) in [5, 5.41) is 3.41. The van der Waals surface area contributed by atoms with Crippen LogP contribution in [0.1, 0.15) is 54.4 Å². The minimum Gasteiger partial charge on any atom is -0.374 e. The number of hydrogen-bond acceptors (Lipinski definition) is 2. The van der Waals surface area contributed by atoms with Gasteiger partial charge in [0.1, 0.15) is 0 Å². The van der Waals surface area contributed by atoms with Gasteiger partial charge in [0, 0.05) is 6.54 Å². The largest absolute Gasteiger partial charge is 0.374 e. The first-order valence-electron chi connectivity index (χ1n) is 6.11. The lowest BCUT2D eigenvalue weighted by Gasteiger charge is -2.24. The fourth-order valence-corrected chi connectivity index (χ4v) is 1.09. The summed E-state index contributed by atoms with van der Waals surface area (Å²) in [5.41, 5.74) is 0.461. The number of nitrogens with one attached hydrogen (secondary N) is 1. The zero-order valence-corrected chi connectivity index (χ0v) is 11.4. The Balaban J connectivity index is 3.33. The molecule has 0 radical (unpaired) electrons. The van der Waals surface area contributed by atoms with Gasteiger partial charge in [0.25, 0.3) is 0 Å². The molecule has 0 unspecified atom stereocenters. The van der Waals surface area contributed by atoms with Crippen molar-refractivity contribution in [1.29, 1.82) is 0 Å². The van der Waals surface area contributed by atoms with Gasteiger partial charge in [-0.2, -0.15) is 0 Å². The van der Waals surface area contributed by atoms with E-state index < -0.39 is 0 Å². The summed E-state index contributed by atoms with van der Waals surface area (Å²) in [6.07, 6.45) is 2.28. The van der Waals surface area contributed by atoms with Crippen LogP contribution < -0.4 is 5.32 Å². The molecule has 0 aliphatic heterocycles. The van der Waals surface area contributed by atoms with Crippen LogP contribution in [0.4, 0.5) is 0 Å². The minimum absolute atomic E-state index is 0.0334. The molecule has 0 fully saturated rings. The molecule has 0 bridgehead atoms. The molecule has 0 aromatic rings. The molecule has 0 saturated heterocycles. The van der Waals surface area contributed by atoms with E-state index in [1.54, 1.807) is 0 Å². The molecule has 15 heavy (non-hydrogen) atoms. The molecule has 2 nitrogen and oxygen atoms in total. The fourth-order valence-electron chi connectivity index (χ4n) is 1.09. The standard InChI is InChI=1S/C13H29NO/c1-7-13(5,6)15-11-10-14-9-8-12(2,3)4/h14H,7-11H2,1-6H3. The van der Waals surface area contributed by atoms with Crippen LogP contribution in [0.3, 0.4) is 0 Å². The Morgan fingerprint density at radius 3 is 2.07 bits per heavy atom. The second-order valence-corrected chi connectivity index (χ2v) is 6.02. The van der Waals surface area contributed by atoms with Crippen LogP contribution in [-0.2, 0) is 4.74 Å². The summed E-state index contributed by atoms with van der Waals surface area (Å²) < 4.78 is 5.75. The van der Waals surface area contributed by atoms with Crippen LogP contribution in [0.25, 0.3) is 0 Å². The van der Waals surface area contributed by atoms with Crippen LogP contribution >= 0.6 is 0 Å². The Bertz CT molecular complexity index is 158. The molecule has 0 rings (SSSR count). The molecule has 0 atom stereocenters. The van der Waals surface area contributed by atoms with E-state index in [-0.39, 0.29) is 5.60 Å². The number of rotatable bonds is 7. The third kappa shape index (κ3) is 10.2. The average molecular weight is 215 g/mol. The van der Waals surface area contributed by atoms with Gasteiger partial charge in [-0.3, -0.25) is 0 Å². The predicted octanol–water partition coefficient (Wildman–Crippen LogP) is 3.22. The molecule has 0 spiro atoms. The first-order chi connectivity index (χ1) is 6.77. The van der Waals surface area contributed by atoms with Gasteiger partial charge in [-0.1, -0.05) is 27.7 Å². The van der Waals surface area contributed by atoms with E-state index in [4.69, 9.17) is 4.74 Å². The topological polar surface area (TPSA) is 21.3 Å². The molecule has 0 amide bonds. The monoisotopic (exact) mass is 215 g/mol. The van der Waals surface area contributed by atoms with Gasteiger partial charge in [-0.05, 0) is 38.6 Å². The first kappa shape index (κ1) is 14.9. The lowest BCUT2D eigenvalue weighted by atomic mass is 9.92. The summed E-state index contributed by atoms with van der Waals surface area (Å²) >= 11 is 0. The predicted molar refractivity (Wildman–Crippen MR) is 67.3 cm³/mol. The van der Waals surface area contributed by atoms with Crippen LogP contribution in [0.15, 0.2) is 0 Å². The maximum atomic E-state index is 5.75. The van der Waals surface area contributed by atoms with Crippen LogP contribution in [0, 0.1) is 5.41 Å². The van der Waals surface area contributed by atoms with Crippen LogP contribution in [0.2, 0.25) is 0 Å². The summed E-state index contributed by atoms with van der Waals surface area (Å²) in [6, 6.07) is 0. The van der Waals surface area contributed by atoms with Crippen molar-refractivity contribution in [3.8, 4) is 0 Å². The Hall–Kier alpha value is -0.0800. The van der Waals surface area contributed by atoms with Gasteiger partial charge in [-0.15, -0.1) is 0 Å². The normalized spacial score (nSPS) is 13.2. The first-order valence-corrected chi connectivity index (χ1v) is 6.11. The molecule has 0 aromatic heterocycles. The van der Waals surface area contributed by atoms with Crippen molar-refractivity contribution in [2.75, 3.05) is 19.7 Å². The third-order valence-electron chi connectivity index (χ3n) is 2.67.